The van der Waals surface area contributed by atoms with Gasteiger partial charge in [-0.1, -0.05) is 44.7 Å². The Morgan fingerprint density at radius 1 is 1.26 bits per heavy atom. The molecule has 0 aromatic rings. The average Bonchev–Trinajstić information content (AvgIpc) is 2.65. The summed E-state index contributed by atoms with van der Waals surface area (Å²) in [6.07, 6.45) is 6.99. The van der Waals surface area contributed by atoms with Crippen molar-refractivity contribution in [1.29, 1.82) is 0 Å². The number of oxime groups is 1. The molecular formula is C14H27N3O2. The molecule has 0 spiro atoms. The molecule has 0 aromatic heterocycles. The summed E-state index contributed by atoms with van der Waals surface area (Å²) in [6.45, 7) is 3.84. The maximum absolute atomic E-state index is 12.6. The topological polar surface area (TPSA) is 78.9 Å². The van der Waals surface area contributed by atoms with Crippen LogP contribution in [0.1, 0.15) is 52.4 Å². The molecule has 1 fully saturated rings. The highest BCUT2D eigenvalue weighted by Gasteiger charge is 2.32. The van der Waals surface area contributed by atoms with Gasteiger partial charge < -0.3 is 15.8 Å². The summed E-state index contributed by atoms with van der Waals surface area (Å²) >= 11 is 0. The second-order valence-electron chi connectivity index (χ2n) is 5.84. The molecule has 19 heavy (non-hydrogen) atoms. The summed E-state index contributed by atoms with van der Waals surface area (Å²) in [6, 6.07) is 0.294. The number of hydrogen-bond donors (Lipinski definition) is 2. The molecule has 3 N–H and O–H groups in total. The van der Waals surface area contributed by atoms with Crippen LogP contribution in [-0.2, 0) is 4.79 Å². The number of amides is 1. The van der Waals surface area contributed by atoms with E-state index in [4.69, 9.17) is 10.9 Å². The molecule has 1 atom stereocenters. The maximum atomic E-state index is 12.6. The average molecular weight is 269 g/mol. The zero-order chi connectivity index (χ0) is 14.4. The third-order valence-electron chi connectivity index (χ3n) is 4.09. The second kappa shape index (κ2) is 7.36. The third-order valence-corrected chi connectivity index (χ3v) is 4.09. The van der Waals surface area contributed by atoms with Crippen molar-refractivity contribution in [3.63, 3.8) is 0 Å². The van der Waals surface area contributed by atoms with Crippen LogP contribution >= 0.6 is 0 Å². The van der Waals surface area contributed by atoms with Gasteiger partial charge in [-0.15, -0.1) is 0 Å². The fourth-order valence-corrected chi connectivity index (χ4v) is 2.86. The monoisotopic (exact) mass is 269 g/mol. The first-order chi connectivity index (χ1) is 8.99. The number of nitrogens with zero attached hydrogens (tertiary/aromatic N) is 2. The lowest BCUT2D eigenvalue weighted by molar-refractivity contribution is -0.135. The van der Waals surface area contributed by atoms with Crippen molar-refractivity contribution in [2.24, 2.45) is 22.7 Å². The summed E-state index contributed by atoms with van der Waals surface area (Å²) < 4.78 is 0. The van der Waals surface area contributed by atoms with Gasteiger partial charge in [0.25, 0.3) is 0 Å². The third kappa shape index (κ3) is 4.11. The molecule has 1 aliphatic rings. The second-order valence-corrected chi connectivity index (χ2v) is 5.84. The Hall–Kier alpha value is -1.26. The molecule has 1 amide bonds. The zero-order valence-electron chi connectivity index (χ0n) is 12.3. The Labute approximate surface area is 115 Å². The highest BCUT2D eigenvalue weighted by Crippen LogP contribution is 2.24. The summed E-state index contributed by atoms with van der Waals surface area (Å²) in [4.78, 5) is 14.4. The van der Waals surface area contributed by atoms with E-state index < -0.39 is 5.92 Å². The number of nitrogens with two attached hydrogens (primary N) is 1. The molecule has 0 bridgehead atoms. The van der Waals surface area contributed by atoms with Crippen LogP contribution in [-0.4, -0.2) is 34.9 Å². The van der Waals surface area contributed by atoms with Gasteiger partial charge in [-0.2, -0.15) is 0 Å². The van der Waals surface area contributed by atoms with Gasteiger partial charge in [0.1, 0.15) is 5.92 Å². The van der Waals surface area contributed by atoms with Crippen LogP contribution in [0.15, 0.2) is 5.16 Å². The summed E-state index contributed by atoms with van der Waals surface area (Å²) in [5, 5.41) is 11.9. The maximum Gasteiger partial charge on any atom is 0.233 e. The quantitative estimate of drug-likeness (QED) is 0.270. The van der Waals surface area contributed by atoms with Crippen LogP contribution in [0.4, 0.5) is 0 Å². The van der Waals surface area contributed by atoms with Crippen LogP contribution in [0.2, 0.25) is 0 Å². The Balaban J connectivity index is 2.77. The van der Waals surface area contributed by atoms with Crippen molar-refractivity contribution in [1.82, 2.24) is 4.90 Å². The molecule has 0 saturated heterocycles. The van der Waals surface area contributed by atoms with Crippen LogP contribution in [0, 0.1) is 11.8 Å². The molecule has 5 nitrogen and oxygen atoms in total. The summed E-state index contributed by atoms with van der Waals surface area (Å²) in [5.74, 6) is -0.521. The van der Waals surface area contributed by atoms with Crippen LogP contribution in [0.5, 0.6) is 0 Å². The smallest absolute Gasteiger partial charge is 0.233 e. The molecule has 0 radical (unpaired) electrons. The lowest BCUT2D eigenvalue weighted by Crippen LogP contribution is -2.46. The minimum atomic E-state index is -0.529. The molecule has 1 unspecified atom stereocenters. The fourth-order valence-electron chi connectivity index (χ4n) is 2.86. The number of hydrogen-bond acceptors (Lipinski definition) is 3. The van der Waals surface area contributed by atoms with Crippen molar-refractivity contribution in [2.75, 3.05) is 7.05 Å². The fraction of sp³-hybridized carbons (Fsp3) is 0.857. The molecular weight excluding hydrogens is 242 g/mol. The van der Waals surface area contributed by atoms with E-state index in [0.717, 1.165) is 12.8 Å². The Kier molecular flexibility index (Phi) is 6.12. The molecule has 5 heteroatoms. The minimum absolute atomic E-state index is 0.0143. The number of rotatable bonds is 4. The van der Waals surface area contributed by atoms with E-state index in [9.17, 15) is 4.79 Å². The van der Waals surface area contributed by atoms with Crippen molar-refractivity contribution in [3.8, 4) is 0 Å². The number of amidine groups is 1. The van der Waals surface area contributed by atoms with Gasteiger partial charge in [-0.25, -0.2) is 0 Å². The Morgan fingerprint density at radius 2 is 1.79 bits per heavy atom. The Bertz CT molecular complexity index is 321. The van der Waals surface area contributed by atoms with Gasteiger partial charge in [0.15, 0.2) is 5.84 Å². The predicted molar refractivity (Wildman–Crippen MR) is 76.0 cm³/mol. The highest BCUT2D eigenvalue weighted by atomic mass is 16.4. The van der Waals surface area contributed by atoms with Gasteiger partial charge >= 0.3 is 0 Å². The molecule has 1 aliphatic carbocycles. The van der Waals surface area contributed by atoms with Crippen molar-refractivity contribution in [2.45, 2.75) is 58.4 Å². The summed E-state index contributed by atoms with van der Waals surface area (Å²) in [5.41, 5.74) is 5.67. The van der Waals surface area contributed by atoms with Crippen LogP contribution in [0.25, 0.3) is 0 Å². The van der Waals surface area contributed by atoms with E-state index in [1.165, 1.54) is 25.7 Å². The van der Waals surface area contributed by atoms with Gasteiger partial charge in [0.2, 0.25) is 5.91 Å². The molecule has 0 aromatic carbocycles. The Morgan fingerprint density at radius 3 is 2.21 bits per heavy atom. The first-order valence-corrected chi connectivity index (χ1v) is 7.23. The number of carbonyl (C=O) groups excluding carboxylic acids is 1. The van der Waals surface area contributed by atoms with Gasteiger partial charge in [-0.3, -0.25) is 4.79 Å². The van der Waals surface area contributed by atoms with E-state index in [-0.39, 0.29) is 17.7 Å². The lowest BCUT2D eigenvalue weighted by Gasteiger charge is -2.31. The SMILES string of the molecule is CC(C)C(C(=O)N(C)C1CCCCCC1)C(N)=NO. The lowest BCUT2D eigenvalue weighted by atomic mass is 9.92. The highest BCUT2D eigenvalue weighted by molar-refractivity contribution is 6.02. The molecule has 0 heterocycles. The van der Waals surface area contributed by atoms with Crippen LogP contribution < -0.4 is 5.73 Å². The van der Waals surface area contributed by atoms with Crippen molar-refractivity contribution in [3.05, 3.63) is 0 Å². The van der Waals surface area contributed by atoms with Gasteiger partial charge in [-0.05, 0) is 18.8 Å². The predicted octanol–water partition coefficient (Wildman–Crippen LogP) is 2.19. The van der Waals surface area contributed by atoms with E-state index in [1.54, 1.807) is 0 Å². The molecule has 1 rings (SSSR count). The summed E-state index contributed by atoms with van der Waals surface area (Å²) in [7, 11) is 1.85. The normalized spacial score (nSPS) is 20.1. The zero-order valence-corrected chi connectivity index (χ0v) is 12.3. The molecule has 1 saturated carbocycles. The molecule has 0 aliphatic heterocycles. The first-order valence-electron chi connectivity index (χ1n) is 7.23. The largest absolute Gasteiger partial charge is 0.409 e. The minimum Gasteiger partial charge on any atom is -0.409 e. The van der Waals surface area contributed by atoms with Crippen molar-refractivity contribution >= 4 is 11.7 Å². The van der Waals surface area contributed by atoms with Crippen molar-refractivity contribution < 1.29 is 10.0 Å². The van der Waals surface area contributed by atoms with Crippen LogP contribution in [0.3, 0.4) is 0 Å². The van der Waals surface area contributed by atoms with E-state index in [2.05, 4.69) is 5.16 Å². The standard InChI is InChI=1S/C14H27N3O2/c1-10(2)12(13(15)16-19)14(18)17(3)11-8-6-4-5-7-9-11/h10-12,19H,4-9H2,1-3H3,(H2,15,16). The van der Waals surface area contributed by atoms with E-state index >= 15 is 0 Å². The number of carbonyl (C=O) groups is 1. The van der Waals surface area contributed by atoms with Gasteiger partial charge in [0, 0.05) is 13.1 Å². The van der Waals surface area contributed by atoms with E-state index in [1.807, 2.05) is 25.8 Å². The molecule has 110 valence electrons. The van der Waals surface area contributed by atoms with E-state index in [0.29, 0.717) is 6.04 Å². The van der Waals surface area contributed by atoms with Gasteiger partial charge in [0.05, 0.1) is 0 Å². The first kappa shape index (κ1) is 15.8.